The van der Waals surface area contributed by atoms with Crippen LogP contribution in [0.2, 0.25) is 0 Å². The van der Waals surface area contributed by atoms with Crippen LogP contribution in [0, 0.1) is 5.92 Å². The number of nitrogens with zero attached hydrogens (tertiary/aromatic N) is 2. The van der Waals surface area contributed by atoms with E-state index in [9.17, 15) is 9.90 Å². The van der Waals surface area contributed by atoms with E-state index in [4.69, 9.17) is 13.9 Å². The van der Waals surface area contributed by atoms with Crippen LogP contribution in [-0.4, -0.2) is 71.3 Å². The van der Waals surface area contributed by atoms with Crippen molar-refractivity contribution in [2.45, 2.75) is 75.2 Å². The minimum atomic E-state index is -0.965. The Labute approximate surface area is 254 Å². The molecule has 3 heterocycles. The lowest BCUT2D eigenvalue weighted by Gasteiger charge is -2.65. The molecular formula is C36H42N2O5. The zero-order valence-corrected chi connectivity index (χ0v) is 25.4. The Kier molecular flexibility index (Phi) is 7.13. The van der Waals surface area contributed by atoms with Gasteiger partial charge in [-0.3, -0.25) is 9.69 Å². The van der Waals surface area contributed by atoms with Crippen molar-refractivity contribution in [1.82, 2.24) is 9.80 Å². The zero-order valence-electron chi connectivity index (χ0n) is 25.4. The molecule has 43 heavy (non-hydrogen) atoms. The normalized spacial score (nSPS) is 29.0. The van der Waals surface area contributed by atoms with Gasteiger partial charge in [0, 0.05) is 36.3 Å². The summed E-state index contributed by atoms with van der Waals surface area (Å²) in [7, 11) is 1.68. The van der Waals surface area contributed by atoms with Crippen LogP contribution in [0.3, 0.4) is 0 Å². The standard InChI is InChI=1S/C36H42N2O5/c1-24(2)22-38(31(39)12-9-26-15-20-42-23-26)28-13-16-36(40)30-21-27-10-11-29(41-3)33-32(27)35(36,34(28)43-33)17-19-37(30)18-14-25-7-5-4-6-8-25/h4-12,15,20,23-24,28,30,34,40H,13-14,16-19,21-22H2,1-3H3/b12-9+/t28-,30+,34-,35-,36+/m0/s1. The van der Waals surface area contributed by atoms with Gasteiger partial charge >= 0.3 is 0 Å². The molecule has 0 unspecified atom stereocenters. The molecule has 1 amide bonds. The van der Waals surface area contributed by atoms with Crippen LogP contribution >= 0.6 is 0 Å². The molecule has 0 radical (unpaired) electrons. The van der Waals surface area contributed by atoms with Crippen molar-refractivity contribution in [2.24, 2.45) is 5.92 Å². The molecule has 5 atom stereocenters. The summed E-state index contributed by atoms with van der Waals surface area (Å²) in [4.78, 5) is 18.4. The Morgan fingerprint density at radius 3 is 2.77 bits per heavy atom. The number of carbonyl (C=O) groups excluding carboxylic acids is 1. The van der Waals surface area contributed by atoms with E-state index in [0.29, 0.717) is 25.1 Å². The number of piperidine rings is 1. The summed E-state index contributed by atoms with van der Waals surface area (Å²) in [5.41, 5.74) is 2.95. The van der Waals surface area contributed by atoms with Crippen LogP contribution in [0.4, 0.5) is 0 Å². The third-order valence-electron chi connectivity index (χ3n) is 10.5. The van der Waals surface area contributed by atoms with Gasteiger partial charge in [-0.15, -0.1) is 0 Å². The number of aliphatic hydroxyl groups is 1. The average molecular weight is 583 g/mol. The minimum Gasteiger partial charge on any atom is -0.493 e. The summed E-state index contributed by atoms with van der Waals surface area (Å²) in [6.07, 6.45) is 10.1. The second-order valence-electron chi connectivity index (χ2n) is 13.2. The molecule has 3 aromatic rings. The summed E-state index contributed by atoms with van der Waals surface area (Å²) in [5.74, 6) is 1.70. The molecule has 1 spiro atoms. The van der Waals surface area contributed by atoms with Gasteiger partial charge in [0.15, 0.2) is 11.5 Å². The van der Waals surface area contributed by atoms with Gasteiger partial charge in [-0.1, -0.05) is 50.2 Å². The van der Waals surface area contributed by atoms with Crippen molar-refractivity contribution in [3.05, 3.63) is 89.4 Å². The Balaban J connectivity index is 1.27. The fourth-order valence-electron chi connectivity index (χ4n) is 8.67. The molecule has 1 N–H and O–H groups in total. The molecule has 2 bridgehead atoms. The summed E-state index contributed by atoms with van der Waals surface area (Å²) in [6, 6.07) is 16.4. The fourth-order valence-corrected chi connectivity index (χ4v) is 8.67. The number of methoxy groups -OCH3 is 1. The van der Waals surface area contributed by atoms with Gasteiger partial charge in [0.2, 0.25) is 5.91 Å². The average Bonchev–Trinajstić information content (AvgIpc) is 3.65. The van der Waals surface area contributed by atoms with E-state index in [1.165, 1.54) is 11.1 Å². The number of hydrogen-bond donors (Lipinski definition) is 1. The fraction of sp³-hybridized carbons (Fsp3) is 0.472. The highest BCUT2D eigenvalue weighted by molar-refractivity contribution is 5.92. The van der Waals surface area contributed by atoms with E-state index in [1.54, 1.807) is 25.7 Å². The minimum absolute atomic E-state index is 0.0147. The Bertz CT molecular complexity index is 1500. The summed E-state index contributed by atoms with van der Waals surface area (Å²) >= 11 is 0. The number of ether oxygens (including phenoxy) is 2. The first-order chi connectivity index (χ1) is 20.9. The van der Waals surface area contributed by atoms with Crippen LogP contribution < -0.4 is 9.47 Å². The van der Waals surface area contributed by atoms with Crippen LogP contribution in [0.25, 0.3) is 6.08 Å². The number of amides is 1. The first kappa shape index (κ1) is 28.2. The van der Waals surface area contributed by atoms with Gasteiger partial charge in [0.1, 0.15) is 6.10 Å². The molecule has 1 aromatic heterocycles. The highest BCUT2D eigenvalue weighted by Crippen LogP contribution is 2.66. The van der Waals surface area contributed by atoms with Crippen LogP contribution in [0.1, 0.15) is 55.4 Å². The van der Waals surface area contributed by atoms with E-state index in [-0.39, 0.29) is 30.0 Å². The van der Waals surface area contributed by atoms with E-state index in [2.05, 4.69) is 55.1 Å². The Morgan fingerprint density at radius 2 is 2.02 bits per heavy atom. The summed E-state index contributed by atoms with van der Waals surface area (Å²) < 4.78 is 18.0. The number of carbonyl (C=O) groups is 1. The molecule has 7 heteroatoms. The maximum atomic E-state index is 13.9. The van der Waals surface area contributed by atoms with Gasteiger partial charge in [-0.25, -0.2) is 0 Å². The Hall–Kier alpha value is -3.55. The van der Waals surface area contributed by atoms with E-state index in [1.807, 2.05) is 23.1 Å². The quantitative estimate of drug-likeness (QED) is 0.348. The highest BCUT2D eigenvalue weighted by atomic mass is 16.5. The van der Waals surface area contributed by atoms with E-state index < -0.39 is 11.0 Å². The van der Waals surface area contributed by atoms with Gasteiger partial charge in [-0.05, 0) is 73.9 Å². The molecule has 2 aliphatic heterocycles. The number of benzene rings is 2. The highest BCUT2D eigenvalue weighted by Gasteiger charge is 2.73. The van der Waals surface area contributed by atoms with Crippen molar-refractivity contribution in [3.63, 3.8) is 0 Å². The molecule has 2 aliphatic carbocycles. The molecule has 4 aliphatic rings. The predicted octanol–water partition coefficient (Wildman–Crippen LogP) is 5.25. The third kappa shape index (κ3) is 4.42. The molecule has 2 aromatic carbocycles. The van der Waals surface area contributed by atoms with Crippen molar-refractivity contribution >= 4 is 12.0 Å². The lowest BCUT2D eigenvalue weighted by Crippen LogP contribution is -2.78. The van der Waals surface area contributed by atoms with Crippen LogP contribution in [-0.2, 0) is 23.1 Å². The lowest BCUT2D eigenvalue weighted by molar-refractivity contribution is -0.201. The van der Waals surface area contributed by atoms with Crippen molar-refractivity contribution in [3.8, 4) is 11.5 Å². The van der Waals surface area contributed by atoms with Crippen molar-refractivity contribution in [2.75, 3.05) is 26.7 Å². The summed E-state index contributed by atoms with van der Waals surface area (Å²) in [5, 5.41) is 13.0. The number of furan rings is 1. The largest absolute Gasteiger partial charge is 0.493 e. The number of hydrogen-bond acceptors (Lipinski definition) is 6. The van der Waals surface area contributed by atoms with Crippen molar-refractivity contribution < 1.29 is 23.8 Å². The maximum absolute atomic E-state index is 13.9. The topological polar surface area (TPSA) is 75.4 Å². The molecular weight excluding hydrogens is 540 g/mol. The third-order valence-corrected chi connectivity index (χ3v) is 10.5. The van der Waals surface area contributed by atoms with Crippen molar-refractivity contribution in [1.29, 1.82) is 0 Å². The molecule has 1 saturated heterocycles. The van der Waals surface area contributed by atoms with E-state index >= 15 is 0 Å². The predicted molar refractivity (Wildman–Crippen MR) is 165 cm³/mol. The maximum Gasteiger partial charge on any atom is 0.246 e. The van der Waals surface area contributed by atoms with Gasteiger partial charge < -0.3 is 23.9 Å². The first-order valence-electron chi connectivity index (χ1n) is 15.7. The molecule has 7 nitrogen and oxygen atoms in total. The SMILES string of the molecule is COc1ccc2c3c1O[C@H]1[C@@H](N(CC(C)C)C(=O)/C=C/c4ccoc4)CC[C@@]4(O)[C@@H](C2)N(CCc2ccccc2)CC[C@]314. The van der Waals surface area contributed by atoms with E-state index in [0.717, 1.165) is 49.2 Å². The van der Waals surface area contributed by atoms with Gasteiger partial charge in [-0.2, -0.15) is 0 Å². The molecule has 7 rings (SSSR count). The first-order valence-corrected chi connectivity index (χ1v) is 15.7. The number of rotatable bonds is 9. The number of likely N-dealkylation sites (tertiary alicyclic amines) is 1. The van der Waals surface area contributed by atoms with Crippen LogP contribution in [0.15, 0.2) is 71.6 Å². The lowest BCUT2D eigenvalue weighted by atomic mass is 9.48. The molecule has 226 valence electrons. The Morgan fingerprint density at radius 1 is 1.19 bits per heavy atom. The van der Waals surface area contributed by atoms with Crippen LogP contribution in [0.5, 0.6) is 11.5 Å². The second-order valence-corrected chi connectivity index (χ2v) is 13.2. The smallest absolute Gasteiger partial charge is 0.246 e. The zero-order chi connectivity index (χ0) is 29.8. The van der Waals surface area contributed by atoms with Gasteiger partial charge in [0.05, 0.1) is 36.7 Å². The molecule has 1 saturated carbocycles. The van der Waals surface area contributed by atoms with Gasteiger partial charge in [0.25, 0.3) is 0 Å². The second kappa shape index (κ2) is 10.9. The molecule has 2 fully saturated rings. The summed E-state index contributed by atoms with van der Waals surface area (Å²) in [6.45, 7) is 6.67. The monoisotopic (exact) mass is 582 g/mol.